The van der Waals surface area contributed by atoms with Crippen LogP contribution in [0.3, 0.4) is 0 Å². The minimum Gasteiger partial charge on any atom is -0.381 e. The Morgan fingerprint density at radius 2 is 2.56 bits per heavy atom. The molecule has 2 unspecified atom stereocenters. The van der Waals surface area contributed by atoms with E-state index in [-0.39, 0.29) is 11.6 Å². The van der Waals surface area contributed by atoms with Crippen molar-refractivity contribution in [2.45, 2.75) is 19.4 Å². The number of aromatic amines is 1. The highest BCUT2D eigenvalue weighted by Gasteiger charge is 2.23. The van der Waals surface area contributed by atoms with Crippen LogP contribution in [0.15, 0.2) is 15.6 Å². The number of anilines is 1. The van der Waals surface area contributed by atoms with E-state index < -0.39 is 0 Å². The molecule has 2 N–H and O–H groups in total. The Balaban J connectivity index is 2.08. The van der Waals surface area contributed by atoms with Crippen LogP contribution in [0.25, 0.3) is 0 Å². The van der Waals surface area contributed by atoms with Gasteiger partial charge in [-0.25, -0.2) is 4.98 Å². The van der Waals surface area contributed by atoms with Crippen molar-refractivity contribution in [2.75, 3.05) is 18.5 Å². The van der Waals surface area contributed by atoms with Crippen molar-refractivity contribution in [3.8, 4) is 0 Å². The summed E-state index contributed by atoms with van der Waals surface area (Å²) in [6, 6.07) is 0.244. The summed E-state index contributed by atoms with van der Waals surface area (Å²) in [6.07, 6.45) is 2.45. The first kappa shape index (κ1) is 11.6. The van der Waals surface area contributed by atoms with Gasteiger partial charge in [-0.2, -0.15) is 0 Å². The van der Waals surface area contributed by atoms with Gasteiger partial charge in [0.2, 0.25) is 0 Å². The van der Waals surface area contributed by atoms with Gasteiger partial charge >= 0.3 is 0 Å². The topological polar surface area (TPSA) is 67.0 Å². The average Bonchev–Trinajstić information content (AvgIpc) is 2.78. The van der Waals surface area contributed by atoms with E-state index in [4.69, 9.17) is 4.74 Å². The first-order chi connectivity index (χ1) is 7.68. The highest BCUT2D eigenvalue weighted by Crippen LogP contribution is 2.21. The van der Waals surface area contributed by atoms with Crippen molar-refractivity contribution in [2.24, 2.45) is 5.92 Å². The second kappa shape index (κ2) is 4.97. The number of hydrogen-bond donors (Lipinski definition) is 2. The van der Waals surface area contributed by atoms with Gasteiger partial charge in [-0.3, -0.25) is 4.79 Å². The van der Waals surface area contributed by atoms with Gasteiger partial charge in [0.1, 0.15) is 10.3 Å². The molecule has 2 heterocycles. The number of halogens is 1. The second-order valence-corrected chi connectivity index (χ2v) is 4.74. The van der Waals surface area contributed by atoms with Gasteiger partial charge < -0.3 is 15.0 Å². The molecule has 0 amide bonds. The molecule has 0 spiro atoms. The molecule has 2 atom stereocenters. The van der Waals surface area contributed by atoms with E-state index in [0.29, 0.717) is 16.2 Å². The monoisotopic (exact) mass is 287 g/mol. The molecule has 0 aromatic carbocycles. The molecular formula is C10H14BrN3O2. The summed E-state index contributed by atoms with van der Waals surface area (Å²) in [5.41, 5.74) is -0.174. The molecule has 0 bridgehead atoms. The molecule has 1 saturated heterocycles. The Bertz CT molecular complexity index is 415. The number of nitrogens with one attached hydrogen (secondary N) is 2. The lowest BCUT2D eigenvalue weighted by molar-refractivity contribution is 0.183. The molecule has 1 aromatic rings. The van der Waals surface area contributed by atoms with Gasteiger partial charge in [-0.1, -0.05) is 0 Å². The number of aromatic nitrogens is 2. The summed E-state index contributed by atoms with van der Waals surface area (Å²) >= 11 is 3.22. The Morgan fingerprint density at radius 3 is 3.25 bits per heavy atom. The molecule has 6 heteroatoms. The smallest absolute Gasteiger partial charge is 0.267 e. The van der Waals surface area contributed by atoms with Crippen LogP contribution in [0.2, 0.25) is 0 Å². The third kappa shape index (κ3) is 2.44. The maximum absolute atomic E-state index is 11.3. The molecule has 5 nitrogen and oxygen atoms in total. The molecule has 88 valence electrons. The quantitative estimate of drug-likeness (QED) is 0.881. The zero-order valence-electron chi connectivity index (χ0n) is 9.00. The van der Waals surface area contributed by atoms with Crippen LogP contribution in [-0.2, 0) is 4.74 Å². The van der Waals surface area contributed by atoms with Gasteiger partial charge in [-0.15, -0.1) is 0 Å². The molecule has 2 rings (SSSR count). The van der Waals surface area contributed by atoms with Crippen molar-refractivity contribution in [1.29, 1.82) is 0 Å². The fraction of sp³-hybridized carbons (Fsp3) is 0.600. The third-order valence-electron chi connectivity index (χ3n) is 2.83. The van der Waals surface area contributed by atoms with Gasteiger partial charge in [0.25, 0.3) is 5.56 Å². The third-order valence-corrected chi connectivity index (χ3v) is 3.57. The van der Waals surface area contributed by atoms with Crippen molar-refractivity contribution < 1.29 is 4.74 Å². The summed E-state index contributed by atoms with van der Waals surface area (Å²) in [4.78, 5) is 17.9. The summed E-state index contributed by atoms with van der Waals surface area (Å²) in [5, 5.41) is 3.23. The Labute approximate surface area is 102 Å². The summed E-state index contributed by atoms with van der Waals surface area (Å²) in [5.74, 6) is 1.07. The molecule has 0 saturated carbocycles. The standard InChI is InChI=1S/C10H14BrN3O2/c1-6(7-2-3-16-4-7)14-9-8(11)10(15)13-5-12-9/h5-7H,2-4H2,1H3,(H2,12,13,14,15). The number of ether oxygens (including phenoxy) is 1. The fourth-order valence-electron chi connectivity index (χ4n) is 1.76. The zero-order valence-corrected chi connectivity index (χ0v) is 10.6. The largest absolute Gasteiger partial charge is 0.381 e. The first-order valence-electron chi connectivity index (χ1n) is 5.26. The van der Waals surface area contributed by atoms with Crippen LogP contribution in [0, 0.1) is 5.92 Å². The van der Waals surface area contributed by atoms with Crippen LogP contribution in [0.4, 0.5) is 5.82 Å². The minimum absolute atomic E-state index is 0.174. The second-order valence-electron chi connectivity index (χ2n) is 3.95. The predicted molar refractivity (Wildman–Crippen MR) is 64.6 cm³/mol. The van der Waals surface area contributed by atoms with Gasteiger partial charge in [0.05, 0.1) is 12.9 Å². The SMILES string of the molecule is CC(Nc1nc[nH]c(=O)c1Br)C1CCOC1. The highest BCUT2D eigenvalue weighted by atomic mass is 79.9. The van der Waals surface area contributed by atoms with E-state index in [9.17, 15) is 4.79 Å². The number of nitrogens with zero attached hydrogens (tertiary/aromatic N) is 1. The maximum Gasteiger partial charge on any atom is 0.267 e. The van der Waals surface area contributed by atoms with Crippen LogP contribution >= 0.6 is 15.9 Å². The van der Waals surface area contributed by atoms with Crippen LogP contribution in [-0.4, -0.2) is 29.2 Å². The normalized spacial score (nSPS) is 22.0. The zero-order chi connectivity index (χ0) is 11.5. The highest BCUT2D eigenvalue weighted by molar-refractivity contribution is 9.10. The van der Waals surface area contributed by atoms with E-state index in [2.05, 4.69) is 38.1 Å². The predicted octanol–water partition coefficient (Wildman–Crippen LogP) is 1.37. The van der Waals surface area contributed by atoms with E-state index >= 15 is 0 Å². The maximum atomic E-state index is 11.3. The Morgan fingerprint density at radius 1 is 1.75 bits per heavy atom. The van der Waals surface area contributed by atoms with Crippen molar-refractivity contribution in [1.82, 2.24) is 9.97 Å². The Hall–Kier alpha value is -0.880. The Kier molecular flexibility index (Phi) is 3.60. The summed E-state index contributed by atoms with van der Waals surface area (Å²) in [7, 11) is 0. The van der Waals surface area contributed by atoms with Crippen molar-refractivity contribution >= 4 is 21.7 Å². The lowest BCUT2D eigenvalue weighted by Crippen LogP contribution is -2.27. The molecule has 1 aliphatic heterocycles. The first-order valence-corrected chi connectivity index (χ1v) is 6.05. The fourth-order valence-corrected chi connectivity index (χ4v) is 2.10. The number of H-pyrrole nitrogens is 1. The van der Waals surface area contributed by atoms with Crippen molar-refractivity contribution in [3.05, 3.63) is 21.2 Å². The molecular weight excluding hydrogens is 274 g/mol. The van der Waals surface area contributed by atoms with E-state index in [1.54, 1.807) is 0 Å². The summed E-state index contributed by atoms with van der Waals surface area (Å²) < 4.78 is 5.78. The van der Waals surface area contributed by atoms with Crippen LogP contribution in [0.5, 0.6) is 0 Å². The van der Waals surface area contributed by atoms with Gasteiger partial charge in [0, 0.05) is 18.6 Å². The molecule has 1 fully saturated rings. The number of rotatable bonds is 3. The molecule has 16 heavy (non-hydrogen) atoms. The minimum atomic E-state index is -0.174. The van der Waals surface area contributed by atoms with E-state index in [1.807, 2.05) is 0 Å². The van der Waals surface area contributed by atoms with Crippen molar-refractivity contribution in [3.63, 3.8) is 0 Å². The van der Waals surface area contributed by atoms with E-state index in [0.717, 1.165) is 19.6 Å². The summed E-state index contributed by atoms with van der Waals surface area (Å²) in [6.45, 7) is 3.67. The lowest BCUT2D eigenvalue weighted by atomic mass is 10.0. The molecule has 0 aliphatic carbocycles. The van der Waals surface area contributed by atoms with Crippen LogP contribution < -0.4 is 10.9 Å². The van der Waals surface area contributed by atoms with E-state index in [1.165, 1.54) is 6.33 Å². The van der Waals surface area contributed by atoms with Gasteiger partial charge in [-0.05, 0) is 29.3 Å². The molecule has 1 aromatic heterocycles. The average molecular weight is 288 g/mol. The number of hydrogen-bond acceptors (Lipinski definition) is 4. The molecule has 1 aliphatic rings. The van der Waals surface area contributed by atoms with Gasteiger partial charge in [0.15, 0.2) is 0 Å². The van der Waals surface area contributed by atoms with Crippen LogP contribution in [0.1, 0.15) is 13.3 Å². The lowest BCUT2D eigenvalue weighted by Gasteiger charge is -2.19. The molecule has 0 radical (unpaired) electrons.